The fraction of sp³-hybridized carbons (Fsp3) is 1.00. The fourth-order valence-corrected chi connectivity index (χ4v) is 2.92. The minimum Gasteiger partial charge on any atom is -0.389 e. The molecule has 0 aromatic carbocycles. The number of nitrogens with one attached hydrogen (secondary N) is 1. The molecule has 1 rings (SSSR count). The van der Waals surface area contributed by atoms with Gasteiger partial charge in [0.2, 0.25) is 0 Å². The molecule has 1 atom stereocenters. The molecule has 1 saturated carbocycles. The van der Waals surface area contributed by atoms with Crippen LogP contribution in [0.15, 0.2) is 0 Å². The molecule has 1 unspecified atom stereocenters. The van der Waals surface area contributed by atoms with Crippen molar-refractivity contribution >= 4 is 0 Å². The Balaban J connectivity index is 1.92. The van der Waals surface area contributed by atoms with Crippen LogP contribution in [0, 0.1) is 11.8 Å². The molecule has 1 fully saturated rings. The maximum Gasteiger partial charge on any atom is 0.0897 e. The molecule has 1 aliphatic carbocycles. The number of hydrogen-bond donors (Lipinski definition) is 2. The monoisotopic (exact) mass is 301 g/mol. The molecule has 21 heavy (non-hydrogen) atoms. The molecular weight excluding hydrogens is 266 g/mol. The van der Waals surface area contributed by atoms with Crippen molar-refractivity contribution in [2.75, 3.05) is 32.9 Å². The van der Waals surface area contributed by atoms with E-state index in [4.69, 9.17) is 9.47 Å². The van der Waals surface area contributed by atoms with Crippen LogP contribution in [0.1, 0.15) is 52.9 Å². The van der Waals surface area contributed by atoms with E-state index in [1.807, 2.05) is 13.8 Å². The van der Waals surface area contributed by atoms with Crippen molar-refractivity contribution in [3.63, 3.8) is 0 Å². The van der Waals surface area contributed by atoms with Gasteiger partial charge in [0.15, 0.2) is 0 Å². The van der Waals surface area contributed by atoms with Gasteiger partial charge in [-0.3, -0.25) is 0 Å². The SMILES string of the molecule is CCC1CCC(CNCC(O)COCCOC(C)C)CC1. The van der Waals surface area contributed by atoms with Gasteiger partial charge in [0.1, 0.15) is 0 Å². The summed E-state index contributed by atoms with van der Waals surface area (Å²) < 4.78 is 10.8. The summed E-state index contributed by atoms with van der Waals surface area (Å²) in [5, 5.41) is 13.2. The molecule has 0 spiro atoms. The van der Waals surface area contributed by atoms with Gasteiger partial charge in [0.25, 0.3) is 0 Å². The molecule has 0 aromatic heterocycles. The number of aliphatic hydroxyl groups is 1. The Morgan fingerprint density at radius 2 is 1.76 bits per heavy atom. The van der Waals surface area contributed by atoms with E-state index >= 15 is 0 Å². The third-order valence-corrected chi connectivity index (χ3v) is 4.35. The average Bonchev–Trinajstić information content (AvgIpc) is 2.47. The summed E-state index contributed by atoms with van der Waals surface area (Å²) in [6.45, 7) is 9.50. The highest BCUT2D eigenvalue weighted by atomic mass is 16.5. The predicted octanol–water partition coefficient (Wildman–Crippen LogP) is 2.59. The van der Waals surface area contributed by atoms with E-state index in [0.29, 0.717) is 26.4 Å². The normalized spacial score (nSPS) is 24.4. The second-order valence-electron chi connectivity index (χ2n) is 6.60. The first-order valence-corrected chi connectivity index (χ1v) is 8.69. The van der Waals surface area contributed by atoms with Crippen LogP contribution in [-0.2, 0) is 9.47 Å². The molecule has 0 heterocycles. The molecule has 1 aliphatic rings. The number of hydrogen-bond acceptors (Lipinski definition) is 4. The zero-order valence-corrected chi connectivity index (χ0v) is 14.1. The van der Waals surface area contributed by atoms with Gasteiger partial charge < -0.3 is 19.9 Å². The summed E-state index contributed by atoms with van der Waals surface area (Å²) in [4.78, 5) is 0. The van der Waals surface area contributed by atoms with Crippen molar-refractivity contribution in [2.45, 2.75) is 65.1 Å². The summed E-state index contributed by atoms with van der Waals surface area (Å²) in [5.74, 6) is 1.74. The van der Waals surface area contributed by atoms with Gasteiger partial charge in [0.05, 0.1) is 32.0 Å². The van der Waals surface area contributed by atoms with Gasteiger partial charge in [0, 0.05) is 6.54 Å². The van der Waals surface area contributed by atoms with Crippen molar-refractivity contribution < 1.29 is 14.6 Å². The average molecular weight is 301 g/mol. The minimum atomic E-state index is -0.420. The lowest BCUT2D eigenvalue weighted by atomic mass is 9.81. The molecule has 0 bridgehead atoms. The van der Waals surface area contributed by atoms with Crippen LogP contribution in [0.4, 0.5) is 0 Å². The van der Waals surface area contributed by atoms with Crippen molar-refractivity contribution in [3.8, 4) is 0 Å². The third kappa shape index (κ3) is 9.46. The van der Waals surface area contributed by atoms with Gasteiger partial charge in [-0.2, -0.15) is 0 Å². The Morgan fingerprint density at radius 3 is 2.38 bits per heavy atom. The zero-order valence-electron chi connectivity index (χ0n) is 14.1. The summed E-state index contributed by atoms with van der Waals surface area (Å²) >= 11 is 0. The molecule has 0 amide bonds. The lowest BCUT2D eigenvalue weighted by Crippen LogP contribution is -2.34. The third-order valence-electron chi connectivity index (χ3n) is 4.35. The van der Waals surface area contributed by atoms with Gasteiger partial charge >= 0.3 is 0 Å². The molecule has 0 radical (unpaired) electrons. The maximum atomic E-state index is 9.84. The van der Waals surface area contributed by atoms with E-state index in [9.17, 15) is 5.11 Å². The molecule has 126 valence electrons. The fourth-order valence-electron chi connectivity index (χ4n) is 2.92. The molecule has 4 nitrogen and oxygen atoms in total. The van der Waals surface area contributed by atoms with Crippen molar-refractivity contribution in [1.82, 2.24) is 5.32 Å². The Labute approximate surface area is 130 Å². The topological polar surface area (TPSA) is 50.7 Å². The lowest BCUT2D eigenvalue weighted by Gasteiger charge is -2.28. The van der Waals surface area contributed by atoms with Crippen LogP contribution in [0.3, 0.4) is 0 Å². The number of ether oxygens (including phenoxy) is 2. The summed E-state index contributed by atoms with van der Waals surface area (Å²) in [6.07, 6.45) is 6.58. The Bertz CT molecular complexity index is 240. The van der Waals surface area contributed by atoms with Crippen LogP contribution in [0.5, 0.6) is 0 Å². The highest BCUT2D eigenvalue weighted by Crippen LogP contribution is 2.29. The first kappa shape index (κ1) is 18.9. The number of rotatable bonds is 11. The predicted molar refractivity (Wildman–Crippen MR) is 86.5 cm³/mol. The van der Waals surface area contributed by atoms with E-state index in [1.54, 1.807) is 0 Å². The first-order valence-electron chi connectivity index (χ1n) is 8.69. The highest BCUT2D eigenvalue weighted by molar-refractivity contribution is 4.73. The second-order valence-corrected chi connectivity index (χ2v) is 6.60. The molecule has 0 aliphatic heterocycles. The highest BCUT2D eigenvalue weighted by Gasteiger charge is 2.19. The van der Waals surface area contributed by atoms with Gasteiger partial charge in [-0.15, -0.1) is 0 Å². The van der Waals surface area contributed by atoms with Crippen molar-refractivity contribution in [1.29, 1.82) is 0 Å². The van der Waals surface area contributed by atoms with E-state index in [-0.39, 0.29) is 6.10 Å². The summed E-state index contributed by atoms with van der Waals surface area (Å²) in [5.41, 5.74) is 0. The standard InChI is InChI=1S/C17H35NO3/c1-4-15-5-7-16(8-6-15)11-18-12-17(19)13-20-9-10-21-14(2)3/h14-19H,4-13H2,1-3H3. The van der Waals surface area contributed by atoms with E-state index in [2.05, 4.69) is 12.2 Å². The van der Waals surface area contributed by atoms with Crippen molar-refractivity contribution in [2.24, 2.45) is 11.8 Å². The summed E-state index contributed by atoms with van der Waals surface area (Å²) in [6, 6.07) is 0. The molecule has 0 aromatic rings. The second kappa shape index (κ2) is 11.4. The smallest absolute Gasteiger partial charge is 0.0897 e. The van der Waals surface area contributed by atoms with Crippen LogP contribution in [0.2, 0.25) is 0 Å². The Hall–Kier alpha value is -0.160. The van der Waals surface area contributed by atoms with E-state index < -0.39 is 6.10 Å². The minimum absolute atomic E-state index is 0.239. The van der Waals surface area contributed by atoms with Crippen LogP contribution in [0.25, 0.3) is 0 Å². The zero-order chi connectivity index (χ0) is 15.5. The van der Waals surface area contributed by atoms with Gasteiger partial charge in [-0.05, 0) is 45.1 Å². The molecular formula is C17H35NO3. The van der Waals surface area contributed by atoms with Crippen LogP contribution >= 0.6 is 0 Å². The van der Waals surface area contributed by atoms with E-state index in [1.165, 1.54) is 32.1 Å². The van der Waals surface area contributed by atoms with Gasteiger partial charge in [-0.1, -0.05) is 26.2 Å². The quantitative estimate of drug-likeness (QED) is 0.576. The Morgan fingerprint density at radius 1 is 1.10 bits per heavy atom. The Kier molecular flexibility index (Phi) is 10.3. The maximum absolute atomic E-state index is 9.84. The van der Waals surface area contributed by atoms with Gasteiger partial charge in [-0.25, -0.2) is 0 Å². The largest absolute Gasteiger partial charge is 0.389 e. The number of aliphatic hydroxyl groups excluding tert-OH is 1. The first-order chi connectivity index (χ1) is 10.1. The molecule has 2 N–H and O–H groups in total. The molecule has 0 saturated heterocycles. The lowest BCUT2D eigenvalue weighted by molar-refractivity contribution is -0.0102. The van der Waals surface area contributed by atoms with Crippen molar-refractivity contribution in [3.05, 3.63) is 0 Å². The van der Waals surface area contributed by atoms with E-state index in [0.717, 1.165) is 18.4 Å². The molecule has 4 heteroatoms. The summed E-state index contributed by atoms with van der Waals surface area (Å²) in [7, 11) is 0. The van der Waals surface area contributed by atoms with Crippen LogP contribution in [-0.4, -0.2) is 50.2 Å². The van der Waals surface area contributed by atoms with Crippen LogP contribution < -0.4 is 5.32 Å².